The van der Waals surface area contributed by atoms with Crippen LogP contribution < -0.4 is 10.6 Å². The van der Waals surface area contributed by atoms with Gasteiger partial charge in [0.05, 0.1) is 0 Å². The zero-order valence-corrected chi connectivity index (χ0v) is 12.2. The normalized spacial score (nSPS) is 31.2. The molecule has 106 valence electrons. The van der Waals surface area contributed by atoms with Gasteiger partial charge in [0.15, 0.2) is 0 Å². The molecule has 0 aromatic rings. The minimum Gasteiger partial charge on any atom is -0.317 e. The summed E-state index contributed by atoms with van der Waals surface area (Å²) in [5, 5.41) is 7.26. The Balaban J connectivity index is 1.51. The molecule has 2 atom stereocenters. The van der Waals surface area contributed by atoms with Gasteiger partial charge in [0, 0.05) is 6.04 Å². The highest BCUT2D eigenvalue weighted by Crippen LogP contribution is 2.23. The minimum atomic E-state index is 0.822. The van der Waals surface area contributed by atoms with E-state index in [1.807, 2.05) is 0 Å². The fourth-order valence-corrected chi connectivity index (χ4v) is 3.56. The Hall–Kier alpha value is -0.0800. The van der Waals surface area contributed by atoms with Gasteiger partial charge in [0.2, 0.25) is 0 Å². The lowest BCUT2D eigenvalue weighted by Gasteiger charge is -2.23. The smallest absolute Gasteiger partial charge is 0.00671 e. The molecule has 1 saturated heterocycles. The summed E-state index contributed by atoms with van der Waals surface area (Å²) in [6.07, 6.45) is 12.8. The summed E-state index contributed by atoms with van der Waals surface area (Å²) in [6.45, 7) is 6.17. The van der Waals surface area contributed by atoms with Crippen LogP contribution in [0.3, 0.4) is 0 Å². The van der Waals surface area contributed by atoms with Crippen molar-refractivity contribution >= 4 is 0 Å². The van der Waals surface area contributed by atoms with Crippen LogP contribution in [0, 0.1) is 11.8 Å². The molecule has 1 aliphatic carbocycles. The number of rotatable bonds is 5. The van der Waals surface area contributed by atoms with Crippen molar-refractivity contribution < 1.29 is 0 Å². The van der Waals surface area contributed by atoms with Crippen LogP contribution in [0.25, 0.3) is 0 Å². The molecule has 2 heteroatoms. The Bertz CT molecular complexity index is 211. The van der Waals surface area contributed by atoms with E-state index < -0.39 is 0 Å². The summed E-state index contributed by atoms with van der Waals surface area (Å²) >= 11 is 0. The van der Waals surface area contributed by atoms with Gasteiger partial charge in [-0.2, -0.15) is 0 Å². The van der Waals surface area contributed by atoms with E-state index in [9.17, 15) is 0 Å². The second kappa shape index (κ2) is 8.16. The highest BCUT2D eigenvalue weighted by Gasteiger charge is 2.16. The first kappa shape index (κ1) is 14.3. The predicted molar refractivity (Wildman–Crippen MR) is 78.9 cm³/mol. The van der Waals surface area contributed by atoms with Crippen LogP contribution in [-0.2, 0) is 0 Å². The van der Waals surface area contributed by atoms with Gasteiger partial charge < -0.3 is 10.6 Å². The van der Waals surface area contributed by atoms with Crippen LogP contribution >= 0.6 is 0 Å². The van der Waals surface area contributed by atoms with Crippen LogP contribution in [-0.4, -0.2) is 25.7 Å². The Labute approximate surface area is 113 Å². The zero-order valence-electron chi connectivity index (χ0n) is 12.2. The Kier molecular flexibility index (Phi) is 6.50. The van der Waals surface area contributed by atoms with Crippen molar-refractivity contribution in [1.82, 2.24) is 10.6 Å². The molecule has 0 aromatic heterocycles. The fraction of sp³-hybridized carbons (Fsp3) is 1.00. The van der Waals surface area contributed by atoms with E-state index in [-0.39, 0.29) is 0 Å². The molecule has 2 N–H and O–H groups in total. The van der Waals surface area contributed by atoms with Crippen molar-refractivity contribution in [2.75, 3.05) is 19.6 Å². The number of piperidine rings is 1. The summed E-state index contributed by atoms with van der Waals surface area (Å²) in [5.74, 6) is 1.97. The van der Waals surface area contributed by atoms with Gasteiger partial charge in [0.1, 0.15) is 0 Å². The van der Waals surface area contributed by atoms with E-state index in [2.05, 4.69) is 17.6 Å². The van der Waals surface area contributed by atoms with Crippen LogP contribution in [0.1, 0.15) is 64.7 Å². The Morgan fingerprint density at radius 3 is 2.67 bits per heavy atom. The van der Waals surface area contributed by atoms with Crippen LogP contribution in [0.2, 0.25) is 0 Å². The maximum absolute atomic E-state index is 3.81. The molecular weight excluding hydrogens is 220 g/mol. The monoisotopic (exact) mass is 252 g/mol. The average molecular weight is 252 g/mol. The molecule has 1 aliphatic heterocycles. The van der Waals surface area contributed by atoms with Gasteiger partial charge in [0.25, 0.3) is 0 Å². The van der Waals surface area contributed by atoms with E-state index in [0.717, 1.165) is 17.9 Å². The maximum atomic E-state index is 3.81. The summed E-state index contributed by atoms with van der Waals surface area (Å²) < 4.78 is 0. The third-order valence-electron chi connectivity index (χ3n) is 4.94. The summed E-state index contributed by atoms with van der Waals surface area (Å²) in [5.41, 5.74) is 0. The standard InChI is InChI=1S/C16H32N2/c1-14-4-2-6-16(8-7-14)18-11-3-5-15-9-12-17-13-10-15/h14-18H,2-13H2,1H3. The van der Waals surface area contributed by atoms with E-state index in [1.165, 1.54) is 77.4 Å². The van der Waals surface area contributed by atoms with Gasteiger partial charge in [-0.25, -0.2) is 0 Å². The molecule has 1 heterocycles. The summed E-state index contributed by atoms with van der Waals surface area (Å²) in [7, 11) is 0. The third-order valence-corrected chi connectivity index (χ3v) is 4.94. The molecule has 18 heavy (non-hydrogen) atoms. The van der Waals surface area contributed by atoms with Gasteiger partial charge in [-0.15, -0.1) is 0 Å². The molecule has 1 saturated carbocycles. The molecule has 2 nitrogen and oxygen atoms in total. The molecule has 0 radical (unpaired) electrons. The number of hydrogen-bond donors (Lipinski definition) is 2. The molecule has 0 bridgehead atoms. The Morgan fingerprint density at radius 2 is 1.83 bits per heavy atom. The van der Waals surface area contributed by atoms with E-state index in [0.29, 0.717) is 0 Å². The molecule has 2 unspecified atom stereocenters. The van der Waals surface area contributed by atoms with Crippen molar-refractivity contribution in [2.24, 2.45) is 11.8 Å². The maximum Gasteiger partial charge on any atom is 0.00671 e. The Morgan fingerprint density at radius 1 is 1.00 bits per heavy atom. The highest BCUT2D eigenvalue weighted by atomic mass is 14.9. The van der Waals surface area contributed by atoms with E-state index in [1.54, 1.807) is 0 Å². The number of nitrogens with one attached hydrogen (secondary N) is 2. The molecule has 2 rings (SSSR count). The van der Waals surface area contributed by atoms with Gasteiger partial charge in [-0.05, 0) is 76.4 Å². The van der Waals surface area contributed by atoms with Crippen LogP contribution in [0.15, 0.2) is 0 Å². The van der Waals surface area contributed by atoms with Gasteiger partial charge >= 0.3 is 0 Å². The van der Waals surface area contributed by atoms with Crippen molar-refractivity contribution in [1.29, 1.82) is 0 Å². The van der Waals surface area contributed by atoms with Crippen molar-refractivity contribution in [2.45, 2.75) is 70.8 Å². The van der Waals surface area contributed by atoms with Crippen molar-refractivity contribution in [3.05, 3.63) is 0 Å². The molecule has 0 spiro atoms. The molecule has 2 aliphatic rings. The quantitative estimate of drug-likeness (QED) is 0.579. The van der Waals surface area contributed by atoms with Crippen molar-refractivity contribution in [3.8, 4) is 0 Å². The van der Waals surface area contributed by atoms with E-state index >= 15 is 0 Å². The lowest BCUT2D eigenvalue weighted by atomic mass is 9.93. The zero-order chi connectivity index (χ0) is 12.6. The second-order valence-electron chi connectivity index (χ2n) is 6.60. The summed E-state index contributed by atoms with van der Waals surface area (Å²) in [4.78, 5) is 0. The molecular formula is C16H32N2. The molecule has 0 amide bonds. The van der Waals surface area contributed by atoms with Gasteiger partial charge in [-0.1, -0.05) is 19.8 Å². The SMILES string of the molecule is CC1CCCC(NCCCC2CCNCC2)CC1. The van der Waals surface area contributed by atoms with E-state index in [4.69, 9.17) is 0 Å². The molecule has 2 fully saturated rings. The number of hydrogen-bond acceptors (Lipinski definition) is 2. The lowest BCUT2D eigenvalue weighted by molar-refractivity contribution is 0.338. The molecule has 0 aromatic carbocycles. The van der Waals surface area contributed by atoms with Crippen molar-refractivity contribution in [3.63, 3.8) is 0 Å². The largest absolute Gasteiger partial charge is 0.317 e. The third kappa shape index (κ3) is 5.27. The van der Waals surface area contributed by atoms with Crippen LogP contribution in [0.4, 0.5) is 0 Å². The second-order valence-corrected chi connectivity index (χ2v) is 6.60. The average Bonchev–Trinajstić information content (AvgIpc) is 2.61. The fourth-order valence-electron chi connectivity index (χ4n) is 3.56. The topological polar surface area (TPSA) is 24.1 Å². The highest BCUT2D eigenvalue weighted by molar-refractivity contribution is 4.74. The first-order valence-corrected chi connectivity index (χ1v) is 8.28. The first-order valence-electron chi connectivity index (χ1n) is 8.28. The first-order chi connectivity index (χ1) is 8.84. The summed E-state index contributed by atoms with van der Waals surface area (Å²) in [6, 6.07) is 0.822. The van der Waals surface area contributed by atoms with Gasteiger partial charge in [-0.3, -0.25) is 0 Å². The minimum absolute atomic E-state index is 0.822. The van der Waals surface area contributed by atoms with Crippen LogP contribution in [0.5, 0.6) is 0 Å². The predicted octanol–water partition coefficient (Wildman–Crippen LogP) is 3.32. The lowest BCUT2D eigenvalue weighted by Crippen LogP contribution is -2.31.